The van der Waals surface area contributed by atoms with E-state index in [1.165, 1.54) is 3.57 Å². The fourth-order valence-electron chi connectivity index (χ4n) is 1.53. The van der Waals surface area contributed by atoms with Gasteiger partial charge in [0.15, 0.2) is 0 Å². The lowest BCUT2D eigenvalue weighted by molar-refractivity contribution is 1.52. The first-order valence-electron chi connectivity index (χ1n) is 5.22. The summed E-state index contributed by atoms with van der Waals surface area (Å²) in [5.74, 6) is 0. The average molecular weight is 331 g/mol. The molecule has 0 saturated carbocycles. The molecule has 0 aromatic heterocycles. The lowest BCUT2D eigenvalue weighted by Crippen LogP contribution is -1.82. The van der Waals surface area contributed by atoms with E-state index in [0.29, 0.717) is 5.57 Å². The summed E-state index contributed by atoms with van der Waals surface area (Å²) in [5, 5.41) is 9.19. The number of allylic oxidation sites excluding steroid dienone is 1. The van der Waals surface area contributed by atoms with Crippen LogP contribution in [0.5, 0.6) is 0 Å². The van der Waals surface area contributed by atoms with Gasteiger partial charge in [0.05, 0.1) is 11.6 Å². The van der Waals surface area contributed by atoms with E-state index in [2.05, 4.69) is 28.7 Å². The zero-order chi connectivity index (χ0) is 12.1. The first-order valence-corrected chi connectivity index (χ1v) is 6.30. The summed E-state index contributed by atoms with van der Waals surface area (Å²) < 4.78 is 1.17. The first-order chi connectivity index (χ1) is 8.29. The maximum atomic E-state index is 9.19. The normalized spacial score (nSPS) is 10.9. The molecule has 0 saturated heterocycles. The average Bonchev–Trinajstić information content (AvgIpc) is 2.38. The molecule has 17 heavy (non-hydrogen) atoms. The minimum absolute atomic E-state index is 0.688. The van der Waals surface area contributed by atoms with Crippen molar-refractivity contribution in [3.05, 3.63) is 69.3 Å². The molecule has 2 aromatic rings. The Morgan fingerprint density at radius 2 is 1.65 bits per heavy atom. The van der Waals surface area contributed by atoms with Crippen LogP contribution in [0.25, 0.3) is 11.6 Å². The van der Waals surface area contributed by atoms with Crippen LogP contribution in [0.15, 0.2) is 54.6 Å². The van der Waals surface area contributed by atoms with Gasteiger partial charge in [-0.2, -0.15) is 5.26 Å². The van der Waals surface area contributed by atoms with E-state index in [4.69, 9.17) is 0 Å². The highest BCUT2D eigenvalue weighted by molar-refractivity contribution is 14.1. The predicted octanol–water partition coefficient (Wildman–Crippen LogP) is 4.36. The molecule has 0 atom stereocenters. The van der Waals surface area contributed by atoms with Crippen molar-refractivity contribution in [2.24, 2.45) is 0 Å². The number of hydrogen-bond donors (Lipinski definition) is 0. The lowest BCUT2D eigenvalue weighted by atomic mass is 10.0. The summed E-state index contributed by atoms with van der Waals surface area (Å²) in [6.07, 6.45) is 1.90. The monoisotopic (exact) mass is 331 g/mol. The molecule has 0 unspecified atom stereocenters. The molecule has 1 nitrogen and oxygen atoms in total. The van der Waals surface area contributed by atoms with E-state index >= 15 is 0 Å². The van der Waals surface area contributed by atoms with Gasteiger partial charge in [-0.15, -0.1) is 0 Å². The number of benzene rings is 2. The summed E-state index contributed by atoms with van der Waals surface area (Å²) in [7, 11) is 0. The minimum Gasteiger partial charge on any atom is -0.192 e. The highest BCUT2D eigenvalue weighted by Crippen LogP contribution is 2.18. The van der Waals surface area contributed by atoms with Gasteiger partial charge in [-0.3, -0.25) is 0 Å². The second kappa shape index (κ2) is 5.65. The summed E-state index contributed by atoms with van der Waals surface area (Å²) in [6, 6.07) is 20.1. The van der Waals surface area contributed by atoms with E-state index < -0.39 is 0 Å². The van der Waals surface area contributed by atoms with Crippen LogP contribution in [0, 0.1) is 14.9 Å². The summed E-state index contributed by atoms with van der Waals surface area (Å²) >= 11 is 2.25. The molecule has 0 aliphatic heterocycles. The van der Waals surface area contributed by atoms with Gasteiger partial charge in [0, 0.05) is 3.57 Å². The molecule has 0 bridgehead atoms. The molecule has 0 N–H and O–H groups in total. The van der Waals surface area contributed by atoms with Crippen molar-refractivity contribution in [3.63, 3.8) is 0 Å². The van der Waals surface area contributed by atoms with Gasteiger partial charge in [-0.25, -0.2) is 0 Å². The Hall–Kier alpha value is -1.60. The number of nitriles is 1. The molecule has 0 aliphatic carbocycles. The molecule has 0 spiro atoms. The van der Waals surface area contributed by atoms with Crippen molar-refractivity contribution in [1.29, 1.82) is 5.26 Å². The van der Waals surface area contributed by atoms with Crippen molar-refractivity contribution < 1.29 is 0 Å². The molecule has 2 heteroatoms. The molecule has 2 aromatic carbocycles. The Bertz CT molecular complexity index is 562. The maximum absolute atomic E-state index is 9.19. The van der Waals surface area contributed by atoms with E-state index in [0.717, 1.165) is 11.1 Å². The Morgan fingerprint density at radius 3 is 2.24 bits per heavy atom. The molecule has 0 radical (unpaired) electrons. The second-order valence-corrected chi connectivity index (χ2v) is 4.83. The van der Waals surface area contributed by atoms with Crippen LogP contribution >= 0.6 is 22.6 Å². The summed E-state index contributed by atoms with van der Waals surface area (Å²) in [4.78, 5) is 0. The Morgan fingerprint density at radius 1 is 1.00 bits per heavy atom. The second-order valence-electron chi connectivity index (χ2n) is 3.59. The van der Waals surface area contributed by atoms with Crippen LogP contribution in [-0.2, 0) is 0 Å². The van der Waals surface area contributed by atoms with Crippen LogP contribution in [0.4, 0.5) is 0 Å². The molecule has 82 valence electrons. The SMILES string of the molecule is N#C/C(=C/c1ccccc1)c1ccc(I)cc1. The quantitative estimate of drug-likeness (QED) is 0.456. The molecular formula is C15H10IN. The molecular weight excluding hydrogens is 321 g/mol. The van der Waals surface area contributed by atoms with Crippen LogP contribution in [-0.4, -0.2) is 0 Å². The smallest absolute Gasteiger partial charge is 0.0998 e. The van der Waals surface area contributed by atoms with Crippen LogP contribution in [0.3, 0.4) is 0 Å². The van der Waals surface area contributed by atoms with Gasteiger partial charge in [0.1, 0.15) is 0 Å². The third-order valence-corrected chi connectivity index (χ3v) is 3.11. The largest absolute Gasteiger partial charge is 0.192 e. The minimum atomic E-state index is 0.688. The zero-order valence-corrected chi connectivity index (χ0v) is 11.3. The van der Waals surface area contributed by atoms with Gasteiger partial charge in [-0.05, 0) is 51.9 Å². The van der Waals surface area contributed by atoms with E-state index in [1.807, 2.05) is 60.7 Å². The van der Waals surface area contributed by atoms with Crippen molar-refractivity contribution in [3.8, 4) is 6.07 Å². The topological polar surface area (TPSA) is 23.8 Å². The van der Waals surface area contributed by atoms with Crippen LogP contribution in [0.2, 0.25) is 0 Å². The predicted molar refractivity (Wildman–Crippen MR) is 79.1 cm³/mol. The standard InChI is InChI=1S/C15H10IN/c16-15-8-6-13(7-9-15)14(11-17)10-12-4-2-1-3-5-12/h1-10H/b14-10-. The molecule has 0 amide bonds. The highest BCUT2D eigenvalue weighted by Gasteiger charge is 2.00. The molecule has 0 aliphatic rings. The molecule has 2 rings (SSSR count). The first kappa shape index (κ1) is 11.9. The summed E-state index contributed by atoms with van der Waals surface area (Å²) in [6.45, 7) is 0. The third kappa shape index (κ3) is 3.18. The number of halogens is 1. The fourth-order valence-corrected chi connectivity index (χ4v) is 1.89. The van der Waals surface area contributed by atoms with Crippen molar-refractivity contribution in [1.82, 2.24) is 0 Å². The fraction of sp³-hybridized carbons (Fsp3) is 0. The molecule has 0 fully saturated rings. The number of nitrogens with zero attached hydrogens (tertiary/aromatic N) is 1. The van der Waals surface area contributed by atoms with Crippen molar-refractivity contribution in [2.75, 3.05) is 0 Å². The number of hydrogen-bond acceptors (Lipinski definition) is 1. The van der Waals surface area contributed by atoms with Gasteiger partial charge in [0.2, 0.25) is 0 Å². The van der Waals surface area contributed by atoms with Crippen LogP contribution in [0.1, 0.15) is 11.1 Å². The Balaban J connectivity index is 2.38. The van der Waals surface area contributed by atoms with Crippen LogP contribution < -0.4 is 0 Å². The van der Waals surface area contributed by atoms with E-state index in [1.54, 1.807) is 0 Å². The molecule has 0 heterocycles. The van der Waals surface area contributed by atoms with E-state index in [-0.39, 0.29) is 0 Å². The van der Waals surface area contributed by atoms with E-state index in [9.17, 15) is 5.26 Å². The van der Waals surface area contributed by atoms with Gasteiger partial charge in [-0.1, -0.05) is 42.5 Å². The lowest BCUT2D eigenvalue weighted by Gasteiger charge is -2.00. The Kier molecular flexibility index (Phi) is 3.94. The summed E-state index contributed by atoms with van der Waals surface area (Å²) in [5.41, 5.74) is 2.69. The Labute approximate surface area is 115 Å². The third-order valence-electron chi connectivity index (χ3n) is 2.39. The highest BCUT2D eigenvalue weighted by atomic mass is 127. The van der Waals surface area contributed by atoms with Crippen molar-refractivity contribution >= 4 is 34.2 Å². The van der Waals surface area contributed by atoms with Crippen molar-refractivity contribution in [2.45, 2.75) is 0 Å². The van der Waals surface area contributed by atoms with Gasteiger partial charge in [0.25, 0.3) is 0 Å². The maximum Gasteiger partial charge on any atom is 0.0998 e. The van der Waals surface area contributed by atoms with Gasteiger partial charge < -0.3 is 0 Å². The zero-order valence-electron chi connectivity index (χ0n) is 9.10. The van der Waals surface area contributed by atoms with Gasteiger partial charge >= 0.3 is 0 Å². The number of rotatable bonds is 2.